The molecule has 7 heteroatoms. The zero-order valence-electron chi connectivity index (χ0n) is 11.9. The van der Waals surface area contributed by atoms with Crippen LogP contribution in [0.5, 0.6) is 5.75 Å². The van der Waals surface area contributed by atoms with Crippen molar-refractivity contribution < 1.29 is 13.9 Å². The average Bonchev–Trinajstić information content (AvgIpc) is 3.01. The molecule has 0 spiro atoms. The van der Waals surface area contributed by atoms with E-state index < -0.39 is 18.8 Å². The first-order chi connectivity index (χ1) is 10.3. The Morgan fingerprint density at radius 3 is 2.76 bits per heavy atom. The topological polar surface area (TPSA) is 79.2 Å². The van der Waals surface area contributed by atoms with Gasteiger partial charge in [0, 0.05) is 18.6 Å². The van der Waals surface area contributed by atoms with Gasteiger partial charge >= 0.3 is 0 Å². The van der Waals surface area contributed by atoms with Crippen LogP contribution in [0.25, 0.3) is 10.4 Å². The van der Waals surface area contributed by atoms with Gasteiger partial charge in [0.25, 0.3) is 0 Å². The fraction of sp³-hybridized carbons (Fsp3) is 0.571. The molecule has 1 aliphatic heterocycles. The highest BCUT2D eigenvalue weighted by Crippen LogP contribution is 2.26. The number of methoxy groups -OCH3 is 1. The van der Waals surface area contributed by atoms with E-state index in [2.05, 4.69) is 15.3 Å². The van der Waals surface area contributed by atoms with E-state index >= 15 is 0 Å². The maximum Gasteiger partial charge on any atom is 0.119 e. The van der Waals surface area contributed by atoms with Gasteiger partial charge in [0.2, 0.25) is 0 Å². The van der Waals surface area contributed by atoms with E-state index in [4.69, 9.17) is 15.0 Å². The Morgan fingerprint density at radius 1 is 1.48 bits per heavy atom. The fourth-order valence-corrected chi connectivity index (χ4v) is 2.41. The largest absolute Gasteiger partial charge is 0.489 e. The van der Waals surface area contributed by atoms with Crippen LogP contribution in [0.3, 0.4) is 0 Å². The van der Waals surface area contributed by atoms with Crippen molar-refractivity contribution in [1.82, 2.24) is 5.32 Å². The van der Waals surface area contributed by atoms with Crippen molar-refractivity contribution in [3.8, 4) is 5.75 Å². The molecule has 0 bridgehead atoms. The molecule has 0 aliphatic carbocycles. The van der Waals surface area contributed by atoms with Crippen LogP contribution < -0.4 is 10.1 Å². The number of benzene rings is 1. The van der Waals surface area contributed by atoms with E-state index in [0.717, 1.165) is 30.8 Å². The predicted octanol–water partition coefficient (Wildman–Crippen LogP) is 2.76. The fourth-order valence-electron chi connectivity index (χ4n) is 2.41. The van der Waals surface area contributed by atoms with E-state index in [1.165, 1.54) is 7.11 Å². The second kappa shape index (κ2) is 7.83. The van der Waals surface area contributed by atoms with Gasteiger partial charge in [0.05, 0.1) is 12.1 Å². The summed E-state index contributed by atoms with van der Waals surface area (Å²) in [7, 11) is 1.47. The molecule has 0 amide bonds. The number of rotatable bonds is 7. The highest BCUT2D eigenvalue weighted by Gasteiger charge is 2.22. The van der Waals surface area contributed by atoms with Crippen LogP contribution in [-0.2, 0) is 4.74 Å². The lowest BCUT2D eigenvalue weighted by Gasteiger charge is -2.21. The lowest BCUT2D eigenvalue weighted by molar-refractivity contribution is 0.0721. The minimum atomic E-state index is -0.870. The summed E-state index contributed by atoms with van der Waals surface area (Å²) in [4.78, 5) is 2.66. The SMILES string of the molecule is CO[C@H](c1ccc(O[C@H]2CCNC2)cc1)[C@@H](CF)N=[N+]=[N-]. The molecule has 21 heavy (non-hydrogen) atoms. The maximum atomic E-state index is 12.9. The summed E-state index contributed by atoms with van der Waals surface area (Å²) in [5.41, 5.74) is 9.23. The van der Waals surface area contributed by atoms with Crippen LogP contribution in [-0.4, -0.2) is 39.0 Å². The highest BCUT2D eigenvalue weighted by molar-refractivity contribution is 5.29. The number of alkyl halides is 1. The van der Waals surface area contributed by atoms with E-state index in [-0.39, 0.29) is 6.10 Å². The molecule has 2 rings (SSSR count). The van der Waals surface area contributed by atoms with Gasteiger partial charge in [-0.25, -0.2) is 0 Å². The van der Waals surface area contributed by atoms with Gasteiger partial charge in [0.1, 0.15) is 18.5 Å². The molecule has 3 atom stereocenters. The van der Waals surface area contributed by atoms with Crippen molar-refractivity contribution in [2.24, 2.45) is 5.11 Å². The van der Waals surface area contributed by atoms with Gasteiger partial charge in [-0.3, -0.25) is 4.39 Å². The molecule has 114 valence electrons. The maximum absolute atomic E-state index is 12.9. The molecule has 1 heterocycles. The molecule has 6 nitrogen and oxygen atoms in total. The Morgan fingerprint density at radius 2 is 2.24 bits per heavy atom. The third kappa shape index (κ3) is 4.07. The smallest absolute Gasteiger partial charge is 0.119 e. The van der Waals surface area contributed by atoms with Crippen molar-refractivity contribution in [3.63, 3.8) is 0 Å². The van der Waals surface area contributed by atoms with Gasteiger partial charge in [-0.1, -0.05) is 17.2 Å². The highest BCUT2D eigenvalue weighted by atomic mass is 19.1. The lowest BCUT2D eigenvalue weighted by Crippen LogP contribution is -2.21. The Kier molecular flexibility index (Phi) is 5.80. The second-order valence-electron chi connectivity index (χ2n) is 4.88. The Labute approximate surface area is 122 Å². The Hall–Kier alpha value is -1.82. The first kappa shape index (κ1) is 15.6. The van der Waals surface area contributed by atoms with Crippen molar-refractivity contribution in [2.75, 3.05) is 26.9 Å². The van der Waals surface area contributed by atoms with Crippen LogP contribution in [0, 0.1) is 0 Å². The average molecular weight is 294 g/mol. The Balaban J connectivity index is 2.06. The first-order valence-corrected chi connectivity index (χ1v) is 6.88. The van der Waals surface area contributed by atoms with Crippen molar-refractivity contribution in [1.29, 1.82) is 0 Å². The lowest BCUT2D eigenvalue weighted by atomic mass is 10.0. The van der Waals surface area contributed by atoms with E-state index in [1.54, 1.807) is 12.1 Å². The summed E-state index contributed by atoms with van der Waals surface area (Å²) in [5.74, 6) is 0.767. The molecule has 1 saturated heterocycles. The molecule has 0 saturated carbocycles. The molecular weight excluding hydrogens is 275 g/mol. The van der Waals surface area contributed by atoms with Crippen molar-refractivity contribution in [3.05, 3.63) is 40.3 Å². The number of azide groups is 1. The monoisotopic (exact) mass is 294 g/mol. The van der Waals surface area contributed by atoms with Crippen molar-refractivity contribution in [2.45, 2.75) is 24.7 Å². The van der Waals surface area contributed by atoms with Gasteiger partial charge < -0.3 is 14.8 Å². The summed E-state index contributed by atoms with van der Waals surface area (Å²) in [6.45, 7) is 1.05. The van der Waals surface area contributed by atoms with E-state index in [1.807, 2.05) is 12.1 Å². The number of nitrogens with one attached hydrogen (secondary N) is 1. The van der Waals surface area contributed by atoms with E-state index in [0.29, 0.717) is 0 Å². The van der Waals surface area contributed by atoms with Crippen molar-refractivity contribution >= 4 is 0 Å². The quantitative estimate of drug-likeness (QED) is 0.477. The van der Waals surface area contributed by atoms with Crippen LogP contribution in [0.2, 0.25) is 0 Å². The molecule has 1 aliphatic rings. The molecule has 1 aromatic rings. The zero-order valence-corrected chi connectivity index (χ0v) is 11.9. The van der Waals surface area contributed by atoms with Gasteiger partial charge in [-0.2, -0.15) is 0 Å². The molecular formula is C14H19FN4O2. The number of halogens is 1. The summed E-state index contributed by atoms with van der Waals surface area (Å²) in [6, 6.07) is 6.39. The van der Waals surface area contributed by atoms with Crippen LogP contribution in [0.15, 0.2) is 29.4 Å². The second-order valence-corrected chi connectivity index (χ2v) is 4.88. The third-order valence-electron chi connectivity index (χ3n) is 3.49. The van der Waals surface area contributed by atoms with Gasteiger partial charge in [-0.15, -0.1) is 0 Å². The zero-order chi connectivity index (χ0) is 15.1. The minimum Gasteiger partial charge on any atom is -0.489 e. The molecule has 1 fully saturated rings. The van der Waals surface area contributed by atoms with Gasteiger partial charge in [0.15, 0.2) is 0 Å². The number of hydrogen-bond acceptors (Lipinski definition) is 4. The van der Waals surface area contributed by atoms with Crippen LogP contribution in [0.4, 0.5) is 4.39 Å². The third-order valence-corrected chi connectivity index (χ3v) is 3.49. The molecule has 0 radical (unpaired) electrons. The normalized spacial score (nSPS) is 20.6. The predicted molar refractivity (Wildman–Crippen MR) is 77.0 cm³/mol. The number of hydrogen-bond donors (Lipinski definition) is 1. The summed E-state index contributed by atoms with van der Waals surface area (Å²) >= 11 is 0. The Bertz CT molecular complexity index is 484. The molecule has 1 aromatic carbocycles. The standard InChI is InChI=1S/C14H19FN4O2/c1-20-14(13(8-15)18-19-16)10-2-4-11(5-3-10)21-12-6-7-17-9-12/h2-5,12-14,17H,6-9H2,1H3/t12-,13+,14+/m0/s1. The summed E-state index contributed by atoms with van der Waals surface area (Å²) in [5, 5.41) is 6.67. The molecule has 0 aromatic heterocycles. The molecule has 0 unspecified atom stereocenters. The minimum absolute atomic E-state index is 0.191. The summed E-state index contributed by atoms with van der Waals surface area (Å²) < 4.78 is 24.0. The van der Waals surface area contributed by atoms with Gasteiger partial charge in [-0.05, 0) is 36.2 Å². The van der Waals surface area contributed by atoms with E-state index in [9.17, 15) is 4.39 Å². The number of nitrogens with zero attached hydrogens (tertiary/aromatic N) is 3. The van der Waals surface area contributed by atoms with Crippen LogP contribution >= 0.6 is 0 Å². The van der Waals surface area contributed by atoms with Crippen LogP contribution in [0.1, 0.15) is 18.1 Å². The number of ether oxygens (including phenoxy) is 2. The first-order valence-electron chi connectivity index (χ1n) is 6.88. The summed E-state index contributed by atoms with van der Waals surface area (Å²) in [6.07, 6.45) is 0.576. The molecule has 1 N–H and O–H groups in total.